The highest BCUT2D eigenvalue weighted by Gasteiger charge is 2.26. The van der Waals surface area contributed by atoms with Crippen molar-refractivity contribution in [3.8, 4) is 5.19 Å². The standard InChI is InChI=1S/C14H23N3OS/c1-9-3-6-12(7-10(9)2)18-14-17-16-13(19-14)8-15-11-4-5-11/h9-12,15H,3-8H2,1-2H3. The molecule has 0 bridgehead atoms. The number of ether oxygens (including phenoxy) is 1. The van der Waals surface area contributed by atoms with Crippen LogP contribution >= 0.6 is 11.3 Å². The van der Waals surface area contributed by atoms with Gasteiger partial charge in [0.1, 0.15) is 11.1 Å². The molecule has 0 radical (unpaired) electrons. The second kappa shape index (κ2) is 5.75. The highest BCUT2D eigenvalue weighted by molar-refractivity contribution is 7.13. The summed E-state index contributed by atoms with van der Waals surface area (Å²) in [6.45, 7) is 5.50. The summed E-state index contributed by atoms with van der Waals surface area (Å²) in [6, 6.07) is 0.717. The summed E-state index contributed by atoms with van der Waals surface area (Å²) < 4.78 is 5.99. The van der Waals surface area contributed by atoms with Crippen LogP contribution in [0.4, 0.5) is 0 Å². The van der Waals surface area contributed by atoms with E-state index in [-0.39, 0.29) is 0 Å². The summed E-state index contributed by atoms with van der Waals surface area (Å²) in [7, 11) is 0. The van der Waals surface area contributed by atoms with E-state index in [2.05, 4.69) is 29.4 Å². The van der Waals surface area contributed by atoms with E-state index in [1.807, 2.05) is 0 Å². The average Bonchev–Trinajstić information content (AvgIpc) is 3.12. The highest BCUT2D eigenvalue weighted by Crippen LogP contribution is 2.32. The lowest BCUT2D eigenvalue weighted by molar-refractivity contribution is 0.0996. The van der Waals surface area contributed by atoms with Crippen LogP contribution in [0.1, 0.15) is 51.0 Å². The summed E-state index contributed by atoms with van der Waals surface area (Å²) in [4.78, 5) is 0. The highest BCUT2D eigenvalue weighted by atomic mass is 32.1. The molecule has 1 aromatic rings. The summed E-state index contributed by atoms with van der Waals surface area (Å²) in [6.07, 6.45) is 6.52. The Morgan fingerprint density at radius 1 is 1.16 bits per heavy atom. The van der Waals surface area contributed by atoms with Gasteiger partial charge in [-0.05, 0) is 43.9 Å². The molecule has 5 heteroatoms. The van der Waals surface area contributed by atoms with Crippen molar-refractivity contribution in [2.75, 3.05) is 0 Å². The minimum Gasteiger partial charge on any atom is -0.466 e. The molecule has 1 heterocycles. The fourth-order valence-corrected chi connectivity index (χ4v) is 3.33. The minimum absolute atomic E-state index is 0.336. The van der Waals surface area contributed by atoms with Crippen molar-refractivity contribution in [2.24, 2.45) is 11.8 Å². The van der Waals surface area contributed by atoms with Crippen molar-refractivity contribution in [3.63, 3.8) is 0 Å². The summed E-state index contributed by atoms with van der Waals surface area (Å²) in [5.74, 6) is 1.58. The maximum atomic E-state index is 5.99. The van der Waals surface area contributed by atoms with Gasteiger partial charge in [-0.3, -0.25) is 0 Å². The fraction of sp³-hybridized carbons (Fsp3) is 0.857. The van der Waals surface area contributed by atoms with Gasteiger partial charge in [0.2, 0.25) is 0 Å². The van der Waals surface area contributed by atoms with E-state index in [9.17, 15) is 0 Å². The van der Waals surface area contributed by atoms with E-state index in [0.29, 0.717) is 12.1 Å². The van der Waals surface area contributed by atoms with Crippen LogP contribution in [0.3, 0.4) is 0 Å². The summed E-state index contributed by atoms with van der Waals surface area (Å²) in [5.41, 5.74) is 0. The van der Waals surface area contributed by atoms with E-state index < -0.39 is 0 Å². The number of hydrogen-bond acceptors (Lipinski definition) is 5. The van der Waals surface area contributed by atoms with Crippen LogP contribution in [0, 0.1) is 11.8 Å². The molecule has 0 aromatic carbocycles. The summed E-state index contributed by atoms with van der Waals surface area (Å²) in [5, 5.41) is 13.6. The molecule has 1 aromatic heterocycles. The third-order valence-corrected chi connectivity index (χ3v) is 5.20. The number of nitrogens with zero attached hydrogens (tertiary/aromatic N) is 2. The van der Waals surface area contributed by atoms with E-state index in [0.717, 1.165) is 41.4 Å². The Kier molecular flexibility index (Phi) is 4.03. The average molecular weight is 281 g/mol. The van der Waals surface area contributed by atoms with Gasteiger partial charge in [0, 0.05) is 6.04 Å². The normalized spacial score (nSPS) is 31.4. The maximum absolute atomic E-state index is 5.99. The Labute approximate surface area is 119 Å². The van der Waals surface area contributed by atoms with Gasteiger partial charge in [0.05, 0.1) is 6.54 Å². The SMILES string of the molecule is CC1CCC(Oc2nnc(CNC3CC3)s2)CC1C. The largest absolute Gasteiger partial charge is 0.466 e. The van der Waals surface area contributed by atoms with Gasteiger partial charge in [0.15, 0.2) is 0 Å². The topological polar surface area (TPSA) is 47.0 Å². The molecule has 0 aliphatic heterocycles. The molecule has 0 saturated heterocycles. The first-order valence-electron chi connectivity index (χ1n) is 7.43. The van der Waals surface area contributed by atoms with Crippen LogP contribution in [-0.2, 0) is 6.54 Å². The predicted octanol–water partition coefficient (Wildman–Crippen LogP) is 2.99. The Bertz CT molecular complexity index is 419. The van der Waals surface area contributed by atoms with E-state index >= 15 is 0 Å². The molecule has 3 unspecified atom stereocenters. The van der Waals surface area contributed by atoms with E-state index in [1.54, 1.807) is 11.3 Å². The summed E-state index contributed by atoms with van der Waals surface area (Å²) >= 11 is 1.59. The number of hydrogen-bond donors (Lipinski definition) is 1. The fourth-order valence-electron chi connectivity index (χ4n) is 2.62. The molecule has 4 nitrogen and oxygen atoms in total. The zero-order chi connectivity index (χ0) is 13.2. The lowest BCUT2D eigenvalue weighted by Gasteiger charge is -2.31. The lowest BCUT2D eigenvalue weighted by atomic mass is 9.80. The first-order valence-corrected chi connectivity index (χ1v) is 8.25. The van der Waals surface area contributed by atoms with E-state index in [4.69, 9.17) is 4.74 Å². The second-order valence-electron chi connectivity index (χ2n) is 6.12. The van der Waals surface area contributed by atoms with Crippen LogP contribution < -0.4 is 10.1 Å². The van der Waals surface area contributed by atoms with Crippen molar-refractivity contribution in [2.45, 2.75) is 64.6 Å². The van der Waals surface area contributed by atoms with Crippen molar-refractivity contribution >= 4 is 11.3 Å². The predicted molar refractivity (Wildman–Crippen MR) is 76.4 cm³/mol. The van der Waals surface area contributed by atoms with Crippen LogP contribution in [0.25, 0.3) is 0 Å². The van der Waals surface area contributed by atoms with Gasteiger partial charge >= 0.3 is 0 Å². The van der Waals surface area contributed by atoms with Crippen LogP contribution in [-0.4, -0.2) is 22.3 Å². The maximum Gasteiger partial charge on any atom is 0.294 e. The quantitative estimate of drug-likeness (QED) is 0.901. The van der Waals surface area contributed by atoms with Gasteiger partial charge in [-0.1, -0.05) is 30.3 Å². The molecule has 3 atom stereocenters. The van der Waals surface area contributed by atoms with Crippen molar-refractivity contribution in [1.29, 1.82) is 0 Å². The molecule has 2 saturated carbocycles. The minimum atomic E-state index is 0.336. The smallest absolute Gasteiger partial charge is 0.294 e. The third-order valence-electron chi connectivity index (χ3n) is 4.39. The zero-order valence-corrected chi connectivity index (χ0v) is 12.6. The monoisotopic (exact) mass is 281 g/mol. The molecule has 0 amide bonds. The number of rotatable bonds is 5. The molecular formula is C14H23N3OS. The molecular weight excluding hydrogens is 258 g/mol. The zero-order valence-electron chi connectivity index (χ0n) is 11.8. The van der Waals surface area contributed by atoms with Gasteiger partial charge in [-0.25, -0.2) is 0 Å². The Balaban J connectivity index is 1.48. The Hall–Kier alpha value is -0.680. The van der Waals surface area contributed by atoms with Crippen molar-refractivity contribution in [3.05, 3.63) is 5.01 Å². The second-order valence-corrected chi connectivity index (χ2v) is 7.15. The first kappa shape index (κ1) is 13.3. The van der Waals surface area contributed by atoms with Crippen LogP contribution in [0.2, 0.25) is 0 Å². The molecule has 0 spiro atoms. The van der Waals surface area contributed by atoms with Gasteiger partial charge < -0.3 is 10.1 Å². The lowest BCUT2D eigenvalue weighted by Crippen LogP contribution is -2.28. The molecule has 106 valence electrons. The number of nitrogens with one attached hydrogen (secondary N) is 1. The van der Waals surface area contributed by atoms with Crippen LogP contribution in [0.5, 0.6) is 5.19 Å². The Morgan fingerprint density at radius 2 is 2.00 bits per heavy atom. The molecule has 2 aliphatic rings. The Morgan fingerprint density at radius 3 is 2.74 bits per heavy atom. The van der Waals surface area contributed by atoms with Crippen molar-refractivity contribution < 1.29 is 4.74 Å². The molecule has 2 fully saturated rings. The first-order chi connectivity index (χ1) is 9.20. The van der Waals surface area contributed by atoms with Crippen LogP contribution in [0.15, 0.2) is 0 Å². The molecule has 19 heavy (non-hydrogen) atoms. The molecule has 1 N–H and O–H groups in total. The van der Waals surface area contributed by atoms with Gasteiger partial charge in [-0.15, -0.1) is 5.10 Å². The van der Waals surface area contributed by atoms with Crippen molar-refractivity contribution in [1.82, 2.24) is 15.5 Å². The number of aromatic nitrogens is 2. The molecule has 2 aliphatic carbocycles. The van der Waals surface area contributed by atoms with Gasteiger partial charge in [-0.2, -0.15) is 0 Å². The third kappa shape index (κ3) is 3.66. The van der Waals surface area contributed by atoms with E-state index in [1.165, 1.54) is 19.3 Å². The molecule has 3 rings (SSSR count). The van der Waals surface area contributed by atoms with Gasteiger partial charge in [0.25, 0.3) is 5.19 Å².